The van der Waals surface area contributed by atoms with Gasteiger partial charge >= 0.3 is 0 Å². The van der Waals surface area contributed by atoms with Crippen LogP contribution in [0.2, 0.25) is 0 Å². The molecule has 2 aliphatic heterocycles. The topological polar surface area (TPSA) is 84.3 Å². The fourth-order valence-corrected chi connectivity index (χ4v) is 5.52. The first-order valence-electron chi connectivity index (χ1n) is 10.1. The fourth-order valence-electron chi connectivity index (χ4n) is 4.16. The van der Waals surface area contributed by atoms with Crippen molar-refractivity contribution in [3.8, 4) is 0 Å². The van der Waals surface area contributed by atoms with Gasteiger partial charge in [0.05, 0.1) is 15.9 Å². The van der Waals surface area contributed by atoms with E-state index in [-0.39, 0.29) is 10.8 Å². The van der Waals surface area contributed by atoms with E-state index in [4.69, 9.17) is 0 Å². The lowest BCUT2D eigenvalue weighted by Gasteiger charge is -2.16. The number of anilines is 1. The highest BCUT2D eigenvalue weighted by molar-refractivity contribution is 7.90. The zero-order chi connectivity index (χ0) is 20.7. The standard InChI is InChI=1S/C22H22N4O3S/c27-21-4-2-14-25(21)17-5-7-18(8-6-17)30(28,29)26-15-19(16-9-12-23-13-10-16)22-20(26)3-1-11-24-22/h1,3,5-9,11,15,23H,2,4,10,12-14H2. The number of hydrogen-bond donors (Lipinski definition) is 1. The number of nitrogens with one attached hydrogen (secondary N) is 1. The first-order valence-corrected chi connectivity index (χ1v) is 11.5. The Bertz CT molecular complexity index is 1260. The number of hydrogen-bond acceptors (Lipinski definition) is 5. The Hall–Kier alpha value is -2.97. The first kappa shape index (κ1) is 19.0. The second kappa shape index (κ2) is 7.37. The molecule has 0 saturated carbocycles. The van der Waals surface area contributed by atoms with Crippen LogP contribution in [-0.4, -0.2) is 42.9 Å². The lowest BCUT2D eigenvalue weighted by atomic mass is 10.0. The minimum Gasteiger partial charge on any atom is -0.313 e. The summed E-state index contributed by atoms with van der Waals surface area (Å²) in [5.74, 6) is 0.0768. The Kier molecular flexibility index (Phi) is 4.67. The molecule has 5 rings (SSSR count). The smallest absolute Gasteiger partial charge is 0.268 e. The van der Waals surface area contributed by atoms with Gasteiger partial charge in [-0.2, -0.15) is 0 Å². The van der Waals surface area contributed by atoms with Gasteiger partial charge in [-0.25, -0.2) is 12.4 Å². The highest BCUT2D eigenvalue weighted by Crippen LogP contribution is 2.31. The van der Waals surface area contributed by atoms with Crippen molar-refractivity contribution >= 4 is 38.2 Å². The molecule has 7 nitrogen and oxygen atoms in total. The summed E-state index contributed by atoms with van der Waals surface area (Å²) in [6.07, 6.45) is 7.65. The van der Waals surface area contributed by atoms with Crippen molar-refractivity contribution in [1.29, 1.82) is 0 Å². The molecule has 30 heavy (non-hydrogen) atoms. The Labute approximate surface area is 175 Å². The first-order chi connectivity index (χ1) is 14.6. The van der Waals surface area contributed by atoms with Gasteiger partial charge in [-0.3, -0.25) is 9.78 Å². The summed E-state index contributed by atoms with van der Waals surface area (Å²) >= 11 is 0. The van der Waals surface area contributed by atoms with Crippen LogP contribution in [0.1, 0.15) is 24.8 Å². The second-order valence-electron chi connectivity index (χ2n) is 7.54. The minimum atomic E-state index is -3.81. The largest absolute Gasteiger partial charge is 0.313 e. The average Bonchev–Trinajstić information content (AvgIpc) is 3.38. The van der Waals surface area contributed by atoms with E-state index in [0.29, 0.717) is 24.0 Å². The summed E-state index contributed by atoms with van der Waals surface area (Å²) in [7, 11) is -3.81. The van der Waals surface area contributed by atoms with Gasteiger partial charge in [0.2, 0.25) is 5.91 Å². The summed E-state index contributed by atoms with van der Waals surface area (Å²) in [5.41, 5.74) is 3.94. The SMILES string of the molecule is O=C1CCCN1c1ccc(S(=O)(=O)n2cc(C3=CCNCC3)c3ncccc32)cc1. The van der Waals surface area contributed by atoms with Crippen molar-refractivity contribution in [1.82, 2.24) is 14.3 Å². The van der Waals surface area contributed by atoms with Gasteiger partial charge in [-0.05, 0) is 61.4 Å². The molecule has 0 unspecified atom stereocenters. The fraction of sp³-hybridized carbons (Fsp3) is 0.273. The third-order valence-electron chi connectivity index (χ3n) is 5.71. The van der Waals surface area contributed by atoms with Crippen LogP contribution in [0.3, 0.4) is 0 Å². The number of amides is 1. The van der Waals surface area contributed by atoms with Gasteiger partial charge in [0, 0.05) is 43.2 Å². The van der Waals surface area contributed by atoms with Gasteiger partial charge in [0.15, 0.2) is 0 Å². The molecule has 1 saturated heterocycles. The molecular weight excluding hydrogens is 400 g/mol. The van der Waals surface area contributed by atoms with Gasteiger partial charge in [-0.15, -0.1) is 0 Å². The van der Waals surface area contributed by atoms with Crippen molar-refractivity contribution in [3.05, 3.63) is 60.4 Å². The number of aromatic nitrogens is 2. The number of carbonyl (C=O) groups excluding carboxylic acids is 1. The molecule has 154 valence electrons. The van der Waals surface area contributed by atoms with E-state index >= 15 is 0 Å². The van der Waals surface area contributed by atoms with Gasteiger partial charge in [0.1, 0.15) is 0 Å². The number of rotatable bonds is 4. The summed E-state index contributed by atoms with van der Waals surface area (Å²) in [6, 6.07) is 10.1. The van der Waals surface area contributed by atoms with E-state index in [1.54, 1.807) is 53.7 Å². The number of pyridine rings is 1. The zero-order valence-corrected chi connectivity index (χ0v) is 17.2. The average molecular weight is 423 g/mol. The summed E-state index contributed by atoms with van der Waals surface area (Å²) in [4.78, 5) is 18.3. The minimum absolute atomic E-state index is 0.0768. The Balaban J connectivity index is 1.57. The number of fused-ring (bicyclic) bond motifs is 1. The summed E-state index contributed by atoms with van der Waals surface area (Å²) in [6.45, 7) is 2.29. The maximum absolute atomic E-state index is 13.5. The number of nitrogens with zero attached hydrogens (tertiary/aromatic N) is 3. The van der Waals surface area contributed by atoms with Gasteiger partial charge < -0.3 is 10.2 Å². The molecule has 0 bridgehead atoms. The Morgan fingerprint density at radius 3 is 2.60 bits per heavy atom. The van der Waals surface area contributed by atoms with Crippen molar-refractivity contribution in [2.75, 3.05) is 24.5 Å². The van der Waals surface area contributed by atoms with E-state index < -0.39 is 10.0 Å². The normalized spacial score (nSPS) is 17.5. The molecule has 0 atom stereocenters. The van der Waals surface area contributed by atoms with Crippen LogP contribution in [0.4, 0.5) is 5.69 Å². The number of benzene rings is 1. The lowest BCUT2D eigenvalue weighted by molar-refractivity contribution is -0.117. The molecular formula is C22H22N4O3S. The molecule has 8 heteroatoms. The highest BCUT2D eigenvalue weighted by atomic mass is 32.2. The number of carbonyl (C=O) groups is 1. The highest BCUT2D eigenvalue weighted by Gasteiger charge is 2.25. The Morgan fingerprint density at radius 1 is 1.07 bits per heavy atom. The van der Waals surface area contributed by atoms with Crippen LogP contribution in [0, 0.1) is 0 Å². The van der Waals surface area contributed by atoms with Crippen LogP contribution in [-0.2, 0) is 14.8 Å². The van der Waals surface area contributed by atoms with Crippen molar-refractivity contribution in [3.63, 3.8) is 0 Å². The Morgan fingerprint density at radius 2 is 1.90 bits per heavy atom. The third kappa shape index (κ3) is 3.12. The van der Waals surface area contributed by atoms with Crippen molar-refractivity contribution < 1.29 is 13.2 Å². The quantitative estimate of drug-likeness (QED) is 0.699. The van der Waals surface area contributed by atoms with E-state index in [0.717, 1.165) is 42.8 Å². The van der Waals surface area contributed by atoms with E-state index in [1.807, 2.05) is 0 Å². The van der Waals surface area contributed by atoms with Crippen molar-refractivity contribution in [2.45, 2.75) is 24.2 Å². The predicted molar refractivity (Wildman–Crippen MR) is 116 cm³/mol. The monoisotopic (exact) mass is 422 g/mol. The van der Waals surface area contributed by atoms with Gasteiger partial charge in [-0.1, -0.05) is 6.08 Å². The predicted octanol–water partition coefficient (Wildman–Crippen LogP) is 2.78. The summed E-state index contributed by atoms with van der Waals surface area (Å²) in [5, 5.41) is 3.28. The molecule has 4 heterocycles. The molecule has 0 spiro atoms. The van der Waals surface area contributed by atoms with Gasteiger partial charge in [0.25, 0.3) is 10.0 Å². The molecule has 0 radical (unpaired) electrons. The molecule has 3 aromatic rings. The molecule has 1 aromatic carbocycles. The zero-order valence-electron chi connectivity index (χ0n) is 16.4. The molecule has 0 aliphatic carbocycles. The van der Waals surface area contributed by atoms with Crippen LogP contribution in [0.25, 0.3) is 16.6 Å². The van der Waals surface area contributed by atoms with E-state index in [2.05, 4.69) is 16.4 Å². The maximum atomic E-state index is 13.5. The van der Waals surface area contributed by atoms with Crippen molar-refractivity contribution in [2.24, 2.45) is 0 Å². The second-order valence-corrected chi connectivity index (χ2v) is 9.36. The molecule has 1 amide bonds. The van der Waals surface area contributed by atoms with Crippen LogP contribution >= 0.6 is 0 Å². The van der Waals surface area contributed by atoms with Crippen LogP contribution in [0.15, 0.2) is 59.8 Å². The lowest BCUT2D eigenvalue weighted by Crippen LogP contribution is -2.23. The van der Waals surface area contributed by atoms with Crippen LogP contribution < -0.4 is 10.2 Å². The third-order valence-corrected chi connectivity index (χ3v) is 7.40. The van der Waals surface area contributed by atoms with Crippen LogP contribution in [0.5, 0.6) is 0 Å². The molecule has 2 aromatic heterocycles. The van der Waals surface area contributed by atoms with E-state index in [1.165, 1.54) is 3.97 Å². The molecule has 1 N–H and O–H groups in total. The maximum Gasteiger partial charge on any atom is 0.268 e. The molecule has 2 aliphatic rings. The molecule has 1 fully saturated rings. The van der Waals surface area contributed by atoms with E-state index in [9.17, 15) is 13.2 Å². The summed E-state index contributed by atoms with van der Waals surface area (Å²) < 4.78 is 28.3.